The van der Waals surface area contributed by atoms with E-state index in [4.69, 9.17) is 4.42 Å². The van der Waals surface area contributed by atoms with Crippen molar-refractivity contribution in [3.8, 4) is 0 Å². The zero-order chi connectivity index (χ0) is 19.9. The van der Waals surface area contributed by atoms with Crippen molar-refractivity contribution in [1.29, 1.82) is 0 Å². The first-order chi connectivity index (χ1) is 12.7. The molecule has 1 aromatic heterocycles. The zero-order valence-corrected chi connectivity index (χ0v) is 14.9. The Bertz CT molecular complexity index is 1060. The van der Waals surface area contributed by atoms with E-state index in [0.717, 1.165) is 11.6 Å². The molecule has 2 heterocycles. The Morgan fingerprint density at radius 2 is 1.70 bits per heavy atom. The van der Waals surface area contributed by atoms with E-state index < -0.39 is 29.5 Å². The molecule has 27 heavy (non-hydrogen) atoms. The van der Waals surface area contributed by atoms with Gasteiger partial charge in [-0.05, 0) is 31.2 Å². The van der Waals surface area contributed by atoms with Crippen LogP contribution in [0.3, 0.4) is 0 Å². The summed E-state index contributed by atoms with van der Waals surface area (Å²) in [5.41, 5.74) is 1.05. The second kappa shape index (κ2) is 6.64. The van der Waals surface area contributed by atoms with Gasteiger partial charge in [0.2, 0.25) is 0 Å². The van der Waals surface area contributed by atoms with Crippen LogP contribution in [0.4, 0.5) is 4.79 Å². The van der Waals surface area contributed by atoms with E-state index in [2.05, 4.69) is 0 Å². The fourth-order valence-electron chi connectivity index (χ4n) is 2.79. The number of hydrogen-bond acceptors (Lipinski definition) is 6. The molecule has 0 bridgehead atoms. The third kappa shape index (κ3) is 3.05. The number of fused-ring (bicyclic) bond motifs is 1. The molecule has 138 valence electrons. The van der Waals surface area contributed by atoms with Crippen LogP contribution in [-0.2, 0) is 14.4 Å². The summed E-state index contributed by atoms with van der Waals surface area (Å²) < 4.78 is 5.39. The first-order valence-electron chi connectivity index (χ1n) is 8.05. The van der Waals surface area contributed by atoms with Crippen molar-refractivity contribution in [3.05, 3.63) is 51.9 Å². The highest BCUT2D eigenvalue weighted by Crippen LogP contribution is 2.18. The van der Waals surface area contributed by atoms with Crippen LogP contribution in [0.25, 0.3) is 17.0 Å². The lowest BCUT2D eigenvalue weighted by molar-refractivity contribution is -0.150. The standard InChI is InChI=1S/C19H16N2O6/c1-10-4-7-14-12(8-10)16(23)11(9-27-14)5-6-13(22)15-17(24)20(2)19(26)21(3)18(15)25/h4-9,15H,1-3H3/b6-5+. The quantitative estimate of drug-likeness (QED) is 0.598. The summed E-state index contributed by atoms with van der Waals surface area (Å²) in [5.74, 6) is -4.28. The van der Waals surface area contributed by atoms with Gasteiger partial charge in [-0.3, -0.25) is 29.0 Å². The normalized spacial score (nSPS) is 16.0. The molecule has 0 unspecified atom stereocenters. The Kier molecular flexibility index (Phi) is 4.49. The van der Waals surface area contributed by atoms with Gasteiger partial charge >= 0.3 is 6.03 Å². The molecule has 8 heteroatoms. The molecule has 0 saturated carbocycles. The number of ketones is 1. The van der Waals surface area contributed by atoms with Crippen molar-refractivity contribution in [3.63, 3.8) is 0 Å². The largest absolute Gasteiger partial charge is 0.463 e. The number of amides is 4. The minimum atomic E-state index is -1.65. The highest BCUT2D eigenvalue weighted by Gasteiger charge is 2.45. The number of rotatable bonds is 3. The van der Waals surface area contributed by atoms with E-state index in [1.807, 2.05) is 6.92 Å². The number of carbonyl (C=O) groups is 4. The zero-order valence-electron chi connectivity index (χ0n) is 14.9. The number of nitrogens with zero attached hydrogens (tertiary/aromatic N) is 2. The molecule has 8 nitrogen and oxygen atoms in total. The molecular formula is C19H16N2O6. The average Bonchev–Trinajstić information content (AvgIpc) is 2.65. The first kappa shape index (κ1) is 18.2. The summed E-state index contributed by atoms with van der Waals surface area (Å²) >= 11 is 0. The average molecular weight is 368 g/mol. The van der Waals surface area contributed by atoms with E-state index in [1.54, 1.807) is 18.2 Å². The molecule has 2 aromatic rings. The molecule has 3 rings (SSSR count). The molecule has 1 aliphatic rings. The summed E-state index contributed by atoms with van der Waals surface area (Å²) in [6.07, 6.45) is 3.38. The van der Waals surface area contributed by atoms with E-state index in [-0.39, 0.29) is 11.0 Å². The van der Waals surface area contributed by atoms with Crippen LogP contribution in [0.1, 0.15) is 11.1 Å². The van der Waals surface area contributed by atoms with Gasteiger partial charge in [-0.25, -0.2) is 4.79 Å². The van der Waals surface area contributed by atoms with Crippen LogP contribution in [0.15, 0.2) is 39.7 Å². The van der Waals surface area contributed by atoms with Crippen molar-refractivity contribution >= 4 is 40.7 Å². The lowest BCUT2D eigenvalue weighted by Crippen LogP contribution is -2.58. The fraction of sp³-hybridized carbons (Fsp3) is 0.211. The number of hydrogen-bond donors (Lipinski definition) is 0. The Labute approximate surface area is 153 Å². The van der Waals surface area contributed by atoms with E-state index in [0.29, 0.717) is 20.8 Å². The summed E-state index contributed by atoms with van der Waals surface area (Å²) in [7, 11) is 2.38. The van der Waals surface area contributed by atoms with Crippen molar-refractivity contribution in [1.82, 2.24) is 9.80 Å². The van der Waals surface area contributed by atoms with E-state index >= 15 is 0 Å². The molecule has 4 amide bonds. The summed E-state index contributed by atoms with van der Waals surface area (Å²) in [6.45, 7) is 1.83. The van der Waals surface area contributed by atoms with Crippen molar-refractivity contribution in [2.45, 2.75) is 6.92 Å². The lowest BCUT2D eigenvalue weighted by atomic mass is 9.98. The summed E-state index contributed by atoms with van der Waals surface area (Å²) in [5, 5.41) is 0.361. The Morgan fingerprint density at radius 1 is 1.07 bits per heavy atom. The number of urea groups is 1. The third-order valence-electron chi connectivity index (χ3n) is 4.40. The minimum Gasteiger partial charge on any atom is -0.463 e. The van der Waals surface area contributed by atoms with Crippen molar-refractivity contribution < 1.29 is 23.6 Å². The van der Waals surface area contributed by atoms with Gasteiger partial charge in [-0.1, -0.05) is 11.6 Å². The highest BCUT2D eigenvalue weighted by atomic mass is 16.3. The van der Waals surface area contributed by atoms with Crippen molar-refractivity contribution in [2.75, 3.05) is 14.1 Å². The maximum absolute atomic E-state index is 12.5. The first-order valence-corrected chi connectivity index (χ1v) is 8.05. The molecular weight excluding hydrogens is 352 g/mol. The van der Waals surface area contributed by atoms with Crippen LogP contribution in [0.5, 0.6) is 0 Å². The molecule has 0 spiro atoms. The van der Waals surface area contributed by atoms with Gasteiger partial charge in [0, 0.05) is 14.1 Å². The molecule has 0 atom stereocenters. The van der Waals surface area contributed by atoms with E-state index in [1.165, 1.54) is 26.4 Å². The maximum atomic E-state index is 12.5. The van der Waals surface area contributed by atoms with Gasteiger partial charge in [-0.15, -0.1) is 0 Å². The second-order valence-corrected chi connectivity index (χ2v) is 6.27. The smallest absolute Gasteiger partial charge is 0.332 e. The van der Waals surface area contributed by atoms with Gasteiger partial charge in [-0.2, -0.15) is 0 Å². The summed E-state index contributed by atoms with van der Waals surface area (Å²) in [4.78, 5) is 62.4. The predicted octanol–water partition coefficient (Wildman–Crippen LogP) is 1.35. The number of allylic oxidation sites excluding steroid dienone is 1. The van der Waals surface area contributed by atoms with Crippen LogP contribution in [0.2, 0.25) is 0 Å². The monoisotopic (exact) mass is 368 g/mol. The van der Waals surface area contributed by atoms with Crippen LogP contribution >= 0.6 is 0 Å². The molecule has 1 aromatic carbocycles. The maximum Gasteiger partial charge on any atom is 0.332 e. The van der Waals surface area contributed by atoms with Gasteiger partial charge in [0.05, 0.1) is 10.9 Å². The van der Waals surface area contributed by atoms with Crippen LogP contribution in [0, 0.1) is 12.8 Å². The molecule has 0 radical (unpaired) electrons. The Morgan fingerprint density at radius 3 is 2.33 bits per heavy atom. The van der Waals surface area contributed by atoms with Gasteiger partial charge in [0.1, 0.15) is 11.8 Å². The molecule has 0 N–H and O–H groups in total. The number of imide groups is 2. The number of carbonyl (C=O) groups excluding carboxylic acids is 4. The molecule has 1 fully saturated rings. The fourth-order valence-corrected chi connectivity index (χ4v) is 2.79. The van der Waals surface area contributed by atoms with Gasteiger partial charge < -0.3 is 4.42 Å². The SMILES string of the molecule is Cc1ccc2occ(/C=C/C(=O)C3C(=O)N(C)C(=O)N(C)C3=O)c(=O)c2c1. The molecule has 1 saturated heterocycles. The van der Waals surface area contributed by atoms with Gasteiger partial charge in [0.25, 0.3) is 11.8 Å². The van der Waals surface area contributed by atoms with Crippen LogP contribution in [-0.4, -0.2) is 47.5 Å². The summed E-state index contributed by atoms with van der Waals surface area (Å²) in [6, 6.07) is 4.35. The van der Waals surface area contributed by atoms with E-state index in [9.17, 15) is 24.0 Å². The Balaban J connectivity index is 1.93. The predicted molar refractivity (Wildman–Crippen MR) is 95.7 cm³/mol. The Hall–Kier alpha value is -3.55. The molecule has 0 aliphatic carbocycles. The number of aryl methyl sites for hydroxylation is 1. The van der Waals surface area contributed by atoms with Crippen LogP contribution < -0.4 is 5.43 Å². The minimum absolute atomic E-state index is 0.106. The molecule has 1 aliphatic heterocycles. The lowest BCUT2D eigenvalue weighted by Gasteiger charge is -2.31. The second-order valence-electron chi connectivity index (χ2n) is 6.27. The van der Waals surface area contributed by atoms with Crippen molar-refractivity contribution in [2.24, 2.45) is 5.92 Å². The third-order valence-corrected chi connectivity index (χ3v) is 4.40. The number of benzene rings is 1. The topological polar surface area (TPSA) is 105 Å². The highest BCUT2D eigenvalue weighted by molar-refractivity contribution is 6.28. The van der Waals surface area contributed by atoms with Gasteiger partial charge in [0.15, 0.2) is 17.1 Å². The number of barbiturate groups is 1.